The second kappa shape index (κ2) is 5.92. The van der Waals surface area contributed by atoms with E-state index in [4.69, 9.17) is 9.47 Å². The van der Waals surface area contributed by atoms with E-state index in [9.17, 15) is 0 Å². The van der Waals surface area contributed by atoms with Crippen molar-refractivity contribution in [3.63, 3.8) is 0 Å². The van der Waals surface area contributed by atoms with Gasteiger partial charge in [-0.15, -0.1) is 0 Å². The lowest BCUT2D eigenvalue weighted by Gasteiger charge is -2.10. The summed E-state index contributed by atoms with van der Waals surface area (Å²) in [6.07, 6.45) is 2.91. The van der Waals surface area contributed by atoms with Crippen LogP contribution in [0.25, 0.3) is 10.8 Å². The predicted octanol–water partition coefficient (Wildman–Crippen LogP) is 4.16. The Morgan fingerprint density at radius 1 is 0.944 bits per heavy atom. The Bertz CT molecular complexity index is 558. The molecule has 0 aliphatic heterocycles. The highest BCUT2D eigenvalue weighted by molar-refractivity contribution is 5.86. The highest BCUT2D eigenvalue weighted by atomic mass is 16.5. The van der Waals surface area contributed by atoms with Crippen LogP contribution in [-0.2, 0) is 22.7 Å². The Balaban J connectivity index is 2.42. The summed E-state index contributed by atoms with van der Waals surface area (Å²) in [5.41, 5.74) is 2.24. The number of fused-ring (bicyclic) bond motifs is 1. The lowest BCUT2D eigenvalue weighted by molar-refractivity contribution is 0.233. The van der Waals surface area contributed by atoms with Crippen LogP contribution in [0.1, 0.15) is 11.1 Å². The Kier molecular flexibility index (Phi) is 4.02. The largest absolute Gasteiger partial charge is 0.497 e. The number of hydrogen-bond donors (Lipinski definition) is 0. The van der Waals surface area contributed by atoms with Crippen molar-refractivity contribution in [3.8, 4) is 0 Å². The molecule has 0 fully saturated rings. The van der Waals surface area contributed by atoms with E-state index in [1.54, 1.807) is 0 Å². The van der Waals surface area contributed by atoms with Crippen LogP contribution in [0.4, 0.5) is 0 Å². The third-order valence-electron chi connectivity index (χ3n) is 2.73. The van der Waals surface area contributed by atoms with E-state index in [1.165, 1.54) is 23.3 Å². The normalized spacial score (nSPS) is 10.0. The molecule has 0 aliphatic rings. The van der Waals surface area contributed by atoms with Gasteiger partial charge in [-0.2, -0.15) is 0 Å². The average molecular weight is 240 g/mol. The van der Waals surface area contributed by atoms with Crippen molar-refractivity contribution in [1.82, 2.24) is 0 Å². The first kappa shape index (κ1) is 12.2. The van der Waals surface area contributed by atoms with Crippen molar-refractivity contribution in [2.24, 2.45) is 0 Å². The van der Waals surface area contributed by atoms with E-state index in [1.807, 2.05) is 12.1 Å². The minimum atomic E-state index is 0.520. The van der Waals surface area contributed by atoms with Crippen molar-refractivity contribution >= 4 is 10.8 Å². The summed E-state index contributed by atoms with van der Waals surface area (Å²) < 4.78 is 10.5. The smallest absolute Gasteiger partial charge is 0.113 e. The summed E-state index contributed by atoms with van der Waals surface area (Å²) in [7, 11) is 0. The molecular weight excluding hydrogens is 224 g/mol. The fourth-order valence-electron chi connectivity index (χ4n) is 1.96. The first-order valence-corrected chi connectivity index (χ1v) is 5.80. The van der Waals surface area contributed by atoms with Gasteiger partial charge >= 0.3 is 0 Å². The van der Waals surface area contributed by atoms with E-state index in [0.717, 1.165) is 11.1 Å². The standard InChI is InChI=1S/C16H16O2/c1-3-17-11-13-9-14-7-5-6-8-16(14)15(10-13)12-18-4-2/h3-10H,1-2,11-12H2. The van der Waals surface area contributed by atoms with Crippen LogP contribution in [0.3, 0.4) is 0 Å². The van der Waals surface area contributed by atoms with Crippen molar-refractivity contribution in [2.45, 2.75) is 13.2 Å². The van der Waals surface area contributed by atoms with Crippen LogP contribution in [0, 0.1) is 0 Å². The summed E-state index contributed by atoms with van der Waals surface area (Å²) in [6, 6.07) is 12.4. The second-order valence-corrected chi connectivity index (χ2v) is 3.93. The molecular formula is C16H16O2. The maximum Gasteiger partial charge on any atom is 0.113 e. The van der Waals surface area contributed by atoms with Gasteiger partial charge in [0.05, 0.1) is 12.5 Å². The lowest BCUT2D eigenvalue weighted by atomic mass is 10.0. The third-order valence-corrected chi connectivity index (χ3v) is 2.73. The molecule has 0 aromatic heterocycles. The fraction of sp³-hybridized carbons (Fsp3) is 0.125. The number of ether oxygens (including phenoxy) is 2. The summed E-state index contributed by atoms with van der Waals surface area (Å²) in [6.45, 7) is 8.16. The molecule has 0 unspecified atom stereocenters. The molecule has 2 aromatic rings. The van der Waals surface area contributed by atoms with Gasteiger partial charge < -0.3 is 9.47 Å². The predicted molar refractivity (Wildman–Crippen MR) is 73.9 cm³/mol. The first-order valence-electron chi connectivity index (χ1n) is 5.80. The zero-order chi connectivity index (χ0) is 12.8. The molecule has 0 aliphatic carbocycles. The van der Waals surface area contributed by atoms with Crippen LogP contribution in [0.15, 0.2) is 62.1 Å². The molecule has 2 heteroatoms. The van der Waals surface area contributed by atoms with Crippen LogP contribution in [0.5, 0.6) is 0 Å². The van der Waals surface area contributed by atoms with Gasteiger partial charge in [-0.05, 0) is 34.0 Å². The molecule has 0 atom stereocenters. The molecule has 0 bridgehead atoms. The van der Waals surface area contributed by atoms with E-state index >= 15 is 0 Å². The van der Waals surface area contributed by atoms with Gasteiger partial charge in [0, 0.05) is 0 Å². The quantitative estimate of drug-likeness (QED) is 0.706. The molecule has 2 nitrogen and oxygen atoms in total. The van der Waals surface area contributed by atoms with Crippen LogP contribution in [-0.4, -0.2) is 0 Å². The molecule has 0 spiro atoms. The van der Waals surface area contributed by atoms with E-state index in [2.05, 4.69) is 37.4 Å². The molecule has 92 valence electrons. The molecule has 2 rings (SSSR count). The Morgan fingerprint density at radius 2 is 1.67 bits per heavy atom. The monoisotopic (exact) mass is 240 g/mol. The van der Waals surface area contributed by atoms with Gasteiger partial charge in [0.1, 0.15) is 13.2 Å². The van der Waals surface area contributed by atoms with E-state index < -0.39 is 0 Å². The van der Waals surface area contributed by atoms with Gasteiger partial charge in [-0.3, -0.25) is 0 Å². The van der Waals surface area contributed by atoms with Crippen molar-refractivity contribution in [1.29, 1.82) is 0 Å². The summed E-state index contributed by atoms with van der Waals surface area (Å²) in [5, 5.41) is 2.38. The first-order chi connectivity index (χ1) is 8.85. The highest BCUT2D eigenvalue weighted by Gasteiger charge is 2.04. The third kappa shape index (κ3) is 2.72. The maximum atomic E-state index is 5.29. The van der Waals surface area contributed by atoms with Gasteiger partial charge in [0.2, 0.25) is 0 Å². The summed E-state index contributed by atoms with van der Waals surface area (Å²) >= 11 is 0. The maximum absolute atomic E-state index is 5.29. The molecule has 0 N–H and O–H groups in total. The van der Waals surface area contributed by atoms with Crippen molar-refractivity contribution in [3.05, 3.63) is 73.2 Å². The molecule has 0 amide bonds. The van der Waals surface area contributed by atoms with Crippen LogP contribution < -0.4 is 0 Å². The van der Waals surface area contributed by atoms with Gasteiger partial charge in [-0.25, -0.2) is 0 Å². The number of hydrogen-bond acceptors (Lipinski definition) is 2. The van der Waals surface area contributed by atoms with Crippen molar-refractivity contribution in [2.75, 3.05) is 0 Å². The van der Waals surface area contributed by atoms with Crippen molar-refractivity contribution < 1.29 is 9.47 Å². The minimum Gasteiger partial charge on any atom is -0.497 e. The zero-order valence-corrected chi connectivity index (χ0v) is 10.3. The van der Waals surface area contributed by atoms with Gasteiger partial charge in [-0.1, -0.05) is 37.4 Å². The van der Waals surface area contributed by atoms with Gasteiger partial charge in [0.25, 0.3) is 0 Å². The summed E-state index contributed by atoms with van der Waals surface area (Å²) in [5.74, 6) is 0. The Labute approximate surface area is 107 Å². The lowest BCUT2D eigenvalue weighted by Crippen LogP contribution is -1.94. The van der Waals surface area contributed by atoms with E-state index in [-0.39, 0.29) is 0 Å². The highest BCUT2D eigenvalue weighted by Crippen LogP contribution is 2.22. The average Bonchev–Trinajstić information content (AvgIpc) is 2.42. The van der Waals surface area contributed by atoms with Crippen LogP contribution in [0.2, 0.25) is 0 Å². The molecule has 0 heterocycles. The molecule has 2 aromatic carbocycles. The second-order valence-electron chi connectivity index (χ2n) is 3.93. The topological polar surface area (TPSA) is 18.5 Å². The Hall–Kier alpha value is -2.22. The fourth-order valence-corrected chi connectivity index (χ4v) is 1.96. The molecule has 18 heavy (non-hydrogen) atoms. The number of rotatable bonds is 6. The number of benzene rings is 2. The Morgan fingerprint density at radius 3 is 2.44 bits per heavy atom. The minimum absolute atomic E-state index is 0.520. The summed E-state index contributed by atoms with van der Waals surface area (Å²) in [4.78, 5) is 0. The van der Waals surface area contributed by atoms with Gasteiger partial charge in [0.15, 0.2) is 0 Å². The molecule has 0 saturated heterocycles. The zero-order valence-electron chi connectivity index (χ0n) is 10.3. The SMILES string of the molecule is C=COCc1cc(COC=C)c2ccccc2c1. The molecule has 0 saturated carbocycles. The van der Waals surface area contributed by atoms with E-state index in [0.29, 0.717) is 13.2 Å². The van der Waals surface area contributed by atoms with Crippen LogP contribution >= 0.6 is 0 Å². The molecule has 0 radical (unpaired) electrons.